The summed E-state index contributed by atoms with van der Waals surface area (Å²) in [6, 6.07) is 13.6. The number of anilines is 2. The topological polar surface area (TPSA) is 52.6 Å². The Hall–Kier alpha value is -2.89. The SMILES string of the molecule is CCN(CC)c1ccc(N(CCNC(=O)c2ccccc2F)C(C)=O)cc1. The third-order valence-electron chi connectivity index (χ3n) is 4.41. The molecule has 6 heteroatoms. The van der Waals surface area contributed by atoms with Gasteiger partial charge in [-0.15, -0.1) is 0 Å². The maximum Gasteiger partial charge on any atom is 0.254 e. The number of benzene rings is 2. The second-order valence-electron chi connectivity index (χ2n) is 6.10. The van der Waals surface area contributed by atoms with Gasteiger partial charge in [0.25, 0.3) is 5.91 Å². The van der Waals surface area contributed by atoms with Crippen molar-refractivity contribution in [2.24, 2.45) is 0 Å². The Morgan fingerprint density at radius 2 is 1.56 bits per heavy atom. The standard InChI is InChI=1S/C21H26FN3O2/c1-4-24(5-2)17-10-12-18(13-11-17)25(16(3)26)15-14-23-21(27)19-8-6-7-9-20(19)22/h6-13H,4-5,14-15H2,1-3H3,(H,23,27). The van der Waals surface area contributed by atoms with Gasteiger partial charge in [-0.25, -0.2) is 4.39 Å². The second kappa shape index (κ2) is 9.71. The number of hydrogen-bond donors (Lipinski definition) is 1. The Bertz CT molecular complexity index is 773. The quantitative estimate of drug-likeness (QED) is 0.773. The highest BCUT2D eigenvalue weighted by Crippen LogP contribution is 2.21. The van der Waals surface area contributed by atoms with Crippen LogP contribution in [0.25, 0.3) is 0 Å². The first-order valence-electron chi connectivity index (χ1n) is 9.13. The average Bonchev–Trinajstić information content (AvgIpc) is 2.67. The zero-order valence-electron chi connectivity index (χ0n) is 16.0. The fourth-order valence-electron chi connectivity index (χ4n) is 2.92. The number of halogens is 1. The molecule has 0 aliphatic rings. The molecule has 0 radical (unpaired) electrons. The Labute approximate surface area is 159 Å². The van der Waals surface area contributed by atoms with Crippen LogP contribution in [0.15, 0.2) is 48.5 Å². The van der Waals surface area contributed by atoms with E-state index in [0.717, 1.165) is 24.5 Å². The summed E-state index contributed by atoms with van der Waals surface area (Å²) in [5.74, 6) is -1.18. The fraction of sp³-hybridized carbons (Fsp3) is 0.333. The number of rotatable bonds is 8. The van der Waals surface area contributed by atoms with Crippen molar-refractivity contribution in [3.05, 3.63) is 59.9 Å². The van der Waals surface area contributed by atoms with Crippen LogP contribution in [0.2, 0.25) is 0 Å². The first-order valence-corrected chi connectivity index (χ1v) is 9.13. The largest absolute Gasteiger partial charge is 0.372 e. The molecule has 0 bridgehead atoms. The van der Waals surface area contributed by atoms with Gasteiger partial charge in [0.05, 0.1) is 5.56 Å². The van der Waals surface area contributed by atoms with E-state index >= 15 is 0 Å². The van der Waals surface area contributed by atoms with E-state index in [1.807, 2.05) is 24.3 Å². The molecule has 0 atom stereocenters. The predicted molar refractivity (Wildman–Crippen MR) is 107 cm³/mol. The number of amides is 2. The molecular weight excluding hydrogens is 345 g/mol. The number of carbonyl (C=O) groups is 2. The molecule has 2 amide bonds. The van der Waals surface area contributed by atoms with Gasteiger partial charge < -0.3 is 15.1 Å². The van der Waals surface area contributed by atoms with Crippen molar-refractivity contribution in [1.29, 1.82) is 0 Å². The van der Waals surface area contributed by atoms with E-state index in [2.05, 4.69) is 24.1 Å². The van der Waals surface area contributed by atoms with Crippen molar-refractivity contribution < 1.29 is 14.0 Å². The lowest BCUT2D eigenvalue weighted by atomic mass is 10.2. The van der Waals surface area contributed by atoms with Crippen LogP contribution in [-0.2, 0) is 4.79 Å². The van der Waals surface area contributed by atoms with Gasteiger partial charge in [-0.1, -0.05) is 12.1 Å². The number of nitrogens with zero attached hydrogens (tertiary/aromatic N) is 2. The summed E-state index contributed by atoms with van der Waals surface area (Å²) in [6.45, 7) is 8.03. The van der Waals surface area contributed by atoms with Gasteiger partial charge >= 0.3 is 0 Å². The van der Waals surface area contributed by atoms with Crippen molar-refractivity contribution in [2.75, 3.05) is 36.0 Å². The molecule has 2 aromatic carbocycles. The molecule has 27 heavy (non-hydrogen) atoms. The van der Waals surface area contributed by atoms with Crippen LogP contribution >= 0.6 is 0 Å². The van der Waals surface area contributed by atoms with Crippen LogP contribution in [0.1, 0.15) is 31.1 Å². The first kappa shape index (κ1) is 20.4. The lowest BCUT2D eigenvalue weighted by Gasteiger charge is -2.24. The third-order valence-corrected chi connectivity index (χ3v) is 4.41. The van der Waals surface area contributed by atoms with Crippen LogP contribution < -0.4 is 15.1 Å². The molecule has 144 valence electrons. The van der Waals surface area contributed by atoms with Crippen LogP contribution in [0.3, 0.4) is 0 Å². The van der Waals surface area contributed by atoms with Gasteiger partial charge in [0.15, 0.2) is 0 Å². The summed E-state index contributed by atoms with van der Waals surface area (Å²) in [6.07, 6.45) is 0. The predicted octanol–water partition coefficient (Wildman–Crippen LogP) is 3.45. The molecule has 1 N–H and O–H groups in total. The highest BCUT2D eigenvalue weighted by Gasteiger charge is 2.14. The minimum Gasteiger partial charge on any atom is -0.372 e. The van der Waals surface area contributed by atoms with E-state index < -0.39 is 11.7 Å². The van der Waals surface area contributed by atoms with Crippen LogP contribution in [0.4, 0.5) is 15.8 Å². The van der Waals surface area contributed by atoms with Crippen molar-refractivity contribution in [1.82, 2.24) is 5.32 Å². The highest BCUT2D eigenvalue weighted by molar-refractivity contribution is 5.95. The molecule has 0 aliphatic carbocycles. The zero-order chi connectivity index (χ0) is 19.8. The van der Waals surface area contributed by atoms with Crippen LogP contribution in [-0.4, -0.2) is 38.0 Å². The number of carbonyl (C=O) groups excluding carboxylic acids is 2. The van der Waals surface area contributed by atoms with Crippen LogP contribution in [0.5, 0.6) is 0 Å². The summed E-state index contributed by atoms with van der Waals surface area (Å²) < 4.78 is 13.7. The van der Waals surface area contributed by atoms with Crippen molar-refractivity contribution >= 4 is 23.2 Å². The summed E-state index contributed by atoms with van der Waals surface area (Å²) in [5.41, 5.74) is 1.86. The third kappa shape index (κ3) is 5.29. The van der Waals surface area contributed by atoms with Crippen LogP contribution in [0, 0.1) is 5.82 Å². The molecule has 0 unspecified atom stereocenters. The Balaban J connectivity index is 2.00. The average molecular weight is 371 g/mol. The van der Waals surface area contributed by atoms with E-state index in [1.165, 1.54) is 25.1 Å². The van der Waals surface area contributed by atoms with E-state index in [0.29, 0.717) is 6.54 Å². The molecular formula is C21H26FN3O2. The van der Waals surface area contributed by atoms with Crippen molar-refractivity contribution in [2.45, 2.75) is 20.8 Å². The molecule has 0 fully saturated rings. The van der Waals surface area contributed by atoms with E-state index in [1.54, 1.807) is 11.0 Å². The smallest absolute Gasteiger partial charge is 0.254 e. The van der Waals surface area contributed by atoms with E-state index in [-0.39, 0.29) is 18.0 Å². The second-order valence-corrected chi connectivity index (χ2v) is 6.10. The Morgan fingerprint density at radius 3 is 2.11 bits per heavy atom. The van der Waals surface area contributed by atoms with Crippen molar-refractivity contribution in [3.8, 4) is 0 Å². The molecule has 0 spiro atoms. The molecule has 0 aromatic heterocycles. The van der Waals surface area contributed by atoms with Gasteiger partial charge in [-0.2, -0.15) is 0 Å². The molecule has 5 nitrogen and oxygen atoms in total. The molecule has 0 heterocycles. The van der Waals surface area contributed by atoms with Gasteiger partial charge in [0.1, 0.15) is 5.82 Å². The molecule has 0 saturated carbocycles. The van der Waals surface area contributed by atoms with Gasteiger partial charge in [-0.3, -0.25) is 9.59 Å². The van der Waals surface area contributed by atoms with Gasteiger partial charge in [0, 0.05) is 44.5 Å². The van der Waals surface area contributed by atoms with Gasteiger partial charge in [-0.05, 0) is 50.2 Å². The summed E-state index contributed by atoms with van der Waals surface area (Å²) in [4.78, 5) is 27.9. The molecule has 0 aliphatic heterocycles. The summed E-state index contributed by atoms with van der Waals surface area (Å²) in [7, 11) is 0. The maximum atomic E-state index is 13.7. The lowest BCUT2D eigenvalue weighted by molar-refractivity contribution is -0.116. The summed E-state index contributed by atoms with van der Waals surface area (Å²) >= 11 is 0. The number of nitrogens with one attached hydrogen (secondary N) is 1. The summed E-state index contributed by atoms with van der Waals surface area (Å²) in [5, 5.41) is 2.66. The maximum absolute atomic E-state index is 13.7. The Morgan fingerprint density at radius 1 is 0.963 bits per heavy atom. The molecule has 2 aromatic rings. The minimum absolute atomic E-state index is 0.00421. The monoisotopic (exact) mass is 371 g/mol. The van der Waals surface area contributed by atoms with Crippen molar-refractivity contribution in [3.63, 3.8) is 0 Å². The highest BCUT2D eigenvalue weighted by atomic mass is 19.1. The zero-order valence-corrected chi connectivity index (χ0v) is 16.0. The first-order chi connectivity index (χ1) is 13.0. The minimum atomic E-state index is -0.564. The number of hydrogen-bond acceptors (Lipinski definition) is 3. The van der Waals surface area contributed by atoms with Gasteiger partial charge in [0.2, 0.25) is 5.91 Å². The lowest BCUT2D eigenvalue weighted by Crippen LogP contribution is -2.37. The molecule has 2 rings (SSSR count). The Kier molecular flexibility index (Phi) is 7.34. The molecule has 0 saturated heterocycles. The normalized spacial score (nSPS) is 10.4. The fourth-order valence-corrected chi connectivity index (χ4v) is 2.92. The van der Waals surface area contributed by atoms with E-state index in [9.17, 15) is 14.0 Å². The van der Waals surface area contributed by atoms with E-state index in [4.69, 9.17) is 0 Å².